The molecule has 0 spiro atoms. The molecule has 398 valence electrons. The van der Waals surface area contributed by atoms with Gasteiger partial charge in [0.25, 0.3) is 0 Å². The fourth-order valence-electron chi connectivity index (χ4n) is 8.22. The summed E-state index contributed by atoms with van der Waals surface area (Å²) in [6, 6.07) is 0. The Morgan fingerprint density at radius 1 is 0.290 bits per heavy atom. The van der Waals surface area contributed by atoms with E-state index in [0.29, 0.717) is 19.3 Å². The molecule has 69 heavy (non-hydrogen) atoms. The van der Waals surface area contributed by atoms with Gasteiger partial charge < -0.3 is 14.2 Å². The zero-order valence-electron chi connectivity index (χ0n) is 45.6. The summed E-state index contributed by atoms with van der Waals surface area (Å²) in [4.78, 5) is 38.2. The number of hydrogen-bond donors (Lipinski definition) is 0. The molecule has 0 aliphatic carbocycles. The first kappa shape index (κ1) is 65.8. The van der Waals surface area contributed by atoms with E-state index in [1.807, 2.05) is 0 Å². The monoisotopic (exact) mass is 963 g/mol. The van der Waals surface area contributed by atoms with E-state index in [-0.39, 0.29) is 31.1 Å². The number of allylic oxidation sites excluding steroid dienone is 12. The lowest BCUT2D eigenvalue weighted by atomic mass is 10.0. The average Bonchev–Trinajstić information content (AvgIpc) is 3.35. The third-order valence-corrected chi connectivity index (χ3v) is 12.7. The van der Waals surface area contributed by atoms with Gasteiger partial charge in [-0.2, -0.15) is 0 Å². The third kappa shape index (κ3) is 55.6. The Labute approximate surface area is 427 Å². The molecule has 0 N–H and O–H groups in total. The van der Waals surface area contributed by atoms with Crippen LogP contribution in [-0.4, -0.2) is 37.2 Å². The fraction of sp³-hybridized carbons (Fsp3) is 0.762. The first-order valence-electron chi connectivity index (χ1n) is 29.4. The predicted octanol–water partition coefficient (Wildman–Crippen LogP) is 19.8. The van der Waals surface area contributed by atoms with Gasteiger partial charge in [0.05, 0.1) is 0 Å². The Hall–Kier alpha value is -3.15. The van der Waals surface area contributed by atoms with Crippen molar-refractivity contribution in [2.24, 2.45) is 0 Å². The van der Waals surface area contributed by atoms with E-state index >= 15 is 0 Å². The summed E-state index contributed by atoms with van der Waals surface area (Å²) in [5.74, 6) is -0.911. The van der Waals surface area contributed by atoms with Crippen molar-refractivity contribution >= 4 is 17.9 Å². The Morgan fingerprint density at radius 3 is 0.855 bits per heavy atom. The molecule has 0 amide bonds. The van der Waals surface area contributed by atoms with Crippen molar-refractivity contribution in [2.45, 2.75) is 297 Å². The molecule has 0 bridgehead atoms. The molecule has 0 unspecified atom stereocenters. The molecule has 0 saturated carbocycles. The minimum atomic E-state index is -0.789. The second kappa shape index (κ2) is 57.4. The molecule has 6 nitrogen and oxygen atoms in total. The summed E-state index contributed by atoms with van der Waals surface area (Å²) in [6.45, 7) is 6.58. The molecular formula is C63H110O6. The van der Waals surface area contributed by atoms with Crippen LogP contribution < -0.4 is 0 Å². The highest BCUT2D eigenvalue weighted by Crippen LogP contribution is 2.16. The van der Waals surface area contributed by atoms with Crippen molar-refractivity contribution in [3.05, 3.63) is 72.9 Å². The molecule has 0 aliphatic rings. The van der Waals surface area contributed by atoms with Crippen LogP contribution in [0.4, 0.5) is 0 Å². The predicted molar refractivity (Wildman–Crippen MR) is 298 cm³/mol. The molecule has 0 aromatic rings. The second-order valence-electron chi connectivity index (χ2n) is 19.6. The Morgan fingerprint density at radius 2 is 0.522 bits per heavy atom. The van der Waals surface area contributed by atoms with Crippen LogP contribution in [0, 0.1) is 0 Å². The van der Waals surface area contributed by atoms with E-state index in [0.717, 1.165) is 89.9 Å². The van der Waals surface area contributed by atoms with Crippen LogP contribution in [0.1, 0.15) is 290 Å². The van der Waals surface area contributed by atoms with Crippen molar-refractivity contribution < 1.29 is 28.6 Å². The molecular weight excluding hydrogens is 853 g/mol. The van der Waals surface area contributed by atoms with Gasteiger partial charge in [-0.05, 0) is 96.3 Å². The first-order valence-corrected chi connectivity index (χ1v) is 29.4. The maximum Gasteiger partial charge on any atom is 0.306 e. The van der Waals surface area contributed by atoms with Crippen molar-refractivity contribution in [1.82, 2.24) is 0 Å². The maximum absolute atomic E-state index is 12.8. The summed E-state index contributed by atoms with van der Waals surface area (Å²) in [5, 5.41) is 0. The minimum absolute atomic E-state index is 0.0858. The third-order valence-electron chi connectivity index (χ3n) is 12.7. The number of ether oxygens (including phenoxy) is 3. The molecule has 1 atom stereocenters. The van der Waals surface area contributed by atoms with E-state index < -0.39 is 6.10 Å². The highest BCUT2D eigenvalue weighted by atomic mass is 16.6. The molecule has 0 aromatic carbocycles. The topological polar surface area (TPSA) is 78.9 Å². The molecule has 0 heterocycles. The summed E-state index contributed by atoms with van der Waals surface area (Å²) in [5.41, 5.74) is 0. The van der Waals surface area contributed by atoms with E-state index in [1.54, 1.807) is 0 Å². The molecule has 0 saturated heterocycles. The average molecular weight is 964 g/mol. The number of unbranched alkanes of at least 4 members (excludes halogenated alkanes) is 30. The van der Waals surface area contributed by atoms with Crippen LogP contribution in [0.2, 0.25) is 0 Å². The van der Waals surface area contributed by atoms with Crippen molar-refractivity contribution in [2.75, 3.05) is 13.2 Å². The van der Waals surface area contributed by atoms with Gasteiger partial charge in [-0.1, -0.05) is 248 Å². The SMILES string of the molecule is CCCCC/C=C\C/C=C\C/C=C\C/C=C\CCCCCC(=O)OC[C@H](COC(=O)CCCCCCCCCCC/C=C\C/C=C\CCCCC)OC(=O)CCCCCCCCCCCCCCC. The quantitative estimate of drug-likeness (QED) is 0.0262. The Kier molecular flexibility index (Phi) is 54.8. The van der Waals surface area contributed by atoms with Crippen LogP contribution in [0.25, 0.3) is 0 Å². The van der Waals surface area contributed by atoms with Gasteiger partial charge in [0, 0.05) is 19.3 Å². The summed E-state index contributed by atoms with van der Waals surface area (Å²) in [7, 11) is 0. The largest absolute Gasteiger partial charge is 0.462 e. The highest BCUT2D eigenvalue weighted by molar-refractivity contribution is 5.71. The smallest absolute Gasteiger partial charge is 0.306 e. The molecule has 0 rings (SSSR count). The Bertz CT molecular complexity index is 1290. The number of carbonyl (C=O) groups excluding carboxylic acids is 3. The van der Waals surface area contributed by atoms with E-state index in [9.17, 15) is 14.4 Å². The minimum Gasteiger partial charge on any atom is -0.462 e. The number of carbonyl (C=O) groups is 3. The van der Waals surface area contributed by atoms with E-state index in [4.69, 9.17) is 14.2 Å². The number of rotatable bonds is 53. The lowest BCUT2D eigenvalue weighted by Crippen LogP contribution is -2.30. The lowest BCUT2D eigenvalue weighted by molar-refractivity contribution is -0.167. The zero-order valence-corrected chi connectivity index (χ0v) is 45.6. The molecule has 0 aromatic heterocycles. The van der Waals surface area contributed by atoms with E-state index in [2.05, 4.69) is 93.7 Å². The normalized spacial score (nSPS) is 12.6. The second-order valence-corrected chi connectivity index (χ2v) is 19.6. The van der Waals surface area contributed by atoms with Crippen molar-refractivity contribution in [1.29, 1.82) is 0 Å². The van der Waals surface area contributed by atoms with Gasteiger partial charge in [0.15, 0.2) is 6.10 Å². The number of esters is 3. The molecule has 0 radical (unpaired) electrons. The van der Waals surface area contributed by atoms with Crippen molar-refractivity contribution in [3.8, 4) is 0 Å². The lowest BCUT2D eigenvalue weighted by Gasteiger charge is -2.18. The number of hydrogen-bond acceptors (Lipinski definition) is 6. The zero-order chi connectivity index (χ0) is 50.0. The summed E-state index contributed by atoms with van der Waals surface area (Å²) < 4.78 is 16.9. The molecule has 0 fully saturated rings. The van der Waals surface area contributed by atoms with Crippen LogP contribution in [0.3, 0.4) is 0 Å². The summed E-state index contributed by atoms with van der Waals surface area (Å²) >= 11 is 0. The Balaban J connectivity index is 4.40. The van der Waals surface area contributed by atoms with E-state index in [1.165, 1.54) is 161 Å². The maximum atomic E-state index is 12.8. The van der Waals surface area contributed by atoms with Gasteiger partial charge >= 0.3 is 17.9 Å². The van der Waals surface area contributed by atoms with Crippen molar-refractivity contribution in [3.63, 3.8) is 0 Å². The molecule has 6 heteroatoms. The fourth-order valence-corrected chi connectivity index (χ4v) is 8.22. The van der Waals surface area contributed by atoms with Gasteiger partial charge in [-0.3, -0.25) is 14.4 Å². The standard InChI is InChI=1S/C63H110O6/c1-4-7-10-13-16-19-22-25-27-29-31-33-35-38-40-43-46-49-52-55-61(64)67-58-60(69-63(66)57-54-51-48-45-42-37-24-21-18-15-12-9-6-3)59-68-62(65)56-53-50-47-44-41-39-36-34-32-30-28-26-23-20-17-14-11-8-5-2/h16-17,19-20,25-28,31,33,38,40,60H,4-15,18,21-24,29-30,32,34-37,39,41-59H2,1-3H3/b19-16-,20-17-,27-25-,28-26-,33-31-,40-38-/t60-/m1/s1. The first-order chi connectivity index (χ1) is 34.0. The van der Waals surface area contributed by atoms with Gasteiger partial charge in [-0.25, -0.2) is 0 Å². The van der Waals surface area contributed by atoms with Crippen LogP contribution in [0.15, 0.2) is 72.9 Å². The van der Waals surface area contributed by atoms with Gasteiger partial charge in [0.1, 0.15) is 13.2 Å². The van der Waals surface area contributed by atoms with Crippen LogP contribution >= 0.6 is 0 Å². The highest BCUT2D eigenvalue weighted by Gasteiger charge is 2.19. The summed E-state index contributed by atoms with van der Waals surface area (Å²) in [6.07, 6.45) is 73.1. The van der Waals surface area contributed by atoms with Crippen LogP contribution in [-0.2, 0) is 28.6 Å². The van der Waals surface area contributed by atoms with Gasteiger partial charge in [-0.15, -0.1) is 0 Å². The molecule has 0 aliphatic heterocycles. The van der Waals surface area contributed by atoms with Gasteiger partial charge in [0.2, 0.25) is 0 Å². The van der Waals surface area contributed by atoms with Crippen LogP contribution in [0.5, 0.6) is 0 Å².